The van der Waals surface area contributed by atoms with Gasteiger partial charge in [-0.3, -0.25) is 4.79 Å². The predicted molar refractivity (Wildman–Crippen MR) is 70.4 cm³/mol. The Hall–Kier alpha value is -0.990. The molecule has 16 heavy (non-hydrogen) atoms. The van der Waals surface area contributed by atoms with Crippen molar-refractivity contribution in [1.29, 1.82) is 0 Å². The first-order chi connectivity index (χ1) is 7.74. The second kappa shape index (κ2) is 7.31. The van der Waals surface area contributed by atoms with Gasteiger partial charge in [-0.1, -0.05) is 5.92 Å². The van der Waals surface area contributed by atoms with E-state index < -0.39 is 0 Å². The Bertz CT molecular complexity index is 386. The number of nitrogens with one attached hydrogen (secondary N) is 1. The summed E-state index contributed by atoms with van der Waals surface area (Å²) >= 11 is 4.83. The Labute approximate surface area is 108 Å². The standard InChI is InChI=1S/C11H11BrN2OS/c1-2-6-16-7-5-13-11(15)9-3-4-10(12)14-8-9/h1,3-4,8H,5-7H2,(H,13,15). The van der Waals surface area contributed by atoms with Crippen molar-refractivity contribution in [3.63, 3.8) is 0 Å². The molecule has 0 saturated carbocycles. The molecule has 1 N–H and O–H groups in total. The molecule has 0 unspecified atom stereocenters. The SMILES string of the molecule is C#CCSCCNC(=O)c1ccc(Br)nc1. The monoisotopic (exact) mass is 298 g/mol. The van der Waals surface area contributed by atoms with E-state index in [9.17, 15) is 4.79 Å². The van der Waals surface area contributed by atoms with Gasteiger partial charge in [-0.25, -0.2) is 4.98 Å². The molecule has 0 bridgehead atoms. The van der Waals surface area contributed by atoms with Crippen LogP contribution >= 0.6 is 27.7 Å². The van der Waals surface area contributed by atoms with Gasteiger partial charge >= 0.3 is 0 Å². The van der Waals surface area contributed by atoms with E-state index in [0.29, 0.717) is 22.5 Å². The lowest BCUT2D eigenvalue weighted by molar-refractivity contribution is 0.0956. The smallest absolute Gasteiger partial charge is 0.252 e. The number of rotatable bonds is 5. The van der Waals surface area contributed by atoms with Gasteiger partial charge < -0.3 is 5.32 Å². The summed E-state index contributed by atoms with van der Waals surface area (Å²) in [4.78, 5) is 15.6. The molecule has 1 aromatic heterocycles. The van der Waals surface area contributed by atoms with E-state index in [1.807, 2.05) is 0 Å². The molecule has 0 aromatic carbocycles. The maximum Gasteiger partial charge on any atom is 0.252 e. The van der Waals surface area contributed by atoms with Gasteiger partial charge in [0.2, 0.25) is 0 Å². The minimum Gasteiger partial charge on any atom is -0.351 e. The molecule has 0 aliphatic rings. The third kappa shape index (κ3) is 4.69. The Balaban J connectivity index is 2.30. The lowest BCUT2D eigenvalue weighted by atomic mass is 10.3. The number of carbonyl (C=O) groups is 1. The first-order valence-electron chi connectivity index (χ1n) is 4.65. The summed E-state index contributed by atoms with van der Waals surface area (Å²) in [5.41, 5.74) is 0.560. The number of aromatic nitrogens is 1. The molecule has 1 aromatic rings. The molecular weight excluding hydrogens is 288 g/mol. The van der Waals surface area contributed by atoms with Crippen LogP contribution in [0.3, 0.4) is 0 Å². The van der Waals surface area contributed by atoms with Gasteiger partial charge in [-0.05, 0) is 28.1 Å². The molecule has 1 heterocycles. The Morgan fingerprint density at radius 1 is 1.62 bits per heavy atom. The molecule has 0 atom stereocenters. The zero-order valence-corrected chi connectivity index (χ0v) is 11.0. The summed E-state index contributed by atoms with van der Waals surface area (Å²) in [6.07, 6.45) is 6.64. The Morgan fingerprint density at radius 3 is 3.06 bits per heavy atom. The second-order valence-electron chi connectivity index (χ2n) is 2.88. The van der Waals surface area contributed by atoms with Crippen LogP contribution in [0.4, 0.5) is 0 Å². The van der Waals surface area contributed by atoms with Gasteiger partial charge in [0.25, 0.3) is 5.91 Å². The van der Waals surface area contributed by atoms with Crippen molar-refractivity contribution in [1.82, 2.24) is 10.3 Å². The largest absolute Gasteiger partial charge is 0.351 e. The summed E-state index contributed by atoms with van der Waals surface area (Å²) in [6, 6.07) is 3.46. The van der Waals surface area contributed by atoms with Crippen LogP contribution in [0.1, 0.15) is 10.4 Å². The van der Waals surface area contributed by atoms with E-state index in [1.54, 1.807) is 23.9 Å². The topological polar surface area (TPSA) is 42.0 Å². The fourth-order valence-corrected chi connectivity index (χ4v) is 1.72. The van der Waals surface area contributed by atoms with Crippen LogP contribution in [0, 0.1) is 12.3 Å². The molecule has 84 valence electrons. The summed E-state index contributed by atoms with van der Waals surface area (Å²) < 4.78 is 0.716. The third-order valence-corrected chi connectivity index (χ3v) is 3.04. The summed E-state index contributed by atoms with van der Waals surface area (Å²) in [7, 11) is 0. The highest BCUT2D eigenvalue weighted by atomic mass is 79.9. The first kappa shape index (κ1) is 13.1. The van der Waals surface area contributed by atoms with Gasteiger partial charge in [0, 0.05) is 18.5 Å². The van der Waals surface area contributed by atoms with E-state index >= 15 is 0 Å². The molecule has 0 radical (unpaired) electrons. The number of thioether (sulfide) groups is 1. The highest BCUT2D eigenvalue weighted by molar-refractivity contribution is 9.10. The Kier molecular flexibility index (Phi) is 5.98. The minimum atomic E-state index is -0.110. The molecule has 0 aliphatic heterocycles. The second-order valence-corrected chi connectivity index (χ2v) is 4.80. The van der Waals surface area contributed by atoms with E-state index in [4.69, 9.17) is 6.42 Å². The van der Waals surface area contributed by atoms with Crippen LogP contribution in [0.15, 0.2) is 22.9 Å². The number of nitrogens with zero attached hydrogens (tertiary/aromatic N) is 1. The van der Waals surface area contributed by atoms with E-state index in [-0.39, 0.29) is 5.91 Å². The molecule has 5 heteroatoms. The molecule has 1 rings (SSSR count). The van der Waals surface area contributed by atoms with Crippen molar-refractivity contribution >= 4 is 33.6 Å². The van der Waals surface area contributed by atoms with E-state index in [0.717, 1.165) is 5.75 Å². The van der Waals surface area contributed by atoms with Gasteiger partial charge in [-0.2, -0.15) is 0 Å². The van der Waals surface area contributed by atoms with Gasteiger partial charge in [0.15, 0.2) is 0 Å². The molecule has 0 fully saturated rings. The van der Waals surface area contributed by atoms with Crippen LogP contribution in [0.5, 0.6) is 0 Å². The Morgan fingerprint density at radius 2 is 2.44 bits per heavy atom. The number of terminal acetylenes is 1. The number of carbonyl (C=O) groups excluding carboxylic acids is 1. The summed E-state index contributed by atoms with van der Waals surface area (Å²) in [5.74, 6) is 3.91. The van der Waals surface area contributed by atoms with Gasteiger partial charge in [0.1, 0.15) is 4.60 Å². The fourth-order valence-electron chi connectivity index (χ4n) is 0.980. The van der Waals surface area contributed by atoms with Gasteiger partial charge in [0.05, 0.1) is 11.3 Å². The van der Waals surface area contributed by atoms with Gasteiger partial charge in [-0.15, -0.1) is 18.2 Å². The highest BCUT2D eigenvalue weighted by Crippen LogP contribution is 2.06. The van der Waals surface area contributed by atoms with Crippen LogP contribution in [0.25, 0.3) is 0 Å². The van der Waals surface area contributed by atoms with E-state index in [1.165, 1.54) is 6.20 Å². The van der Waals surface area contributed by atoms with Crippen molar-refractivity contribution in [2.24, 2.45) is 0 Å². The maximum absolute atomic E-state index is 11.6. The predicted octanol–water partition coefficient (Wildman–Crippen LogP) is 1.94. The van der Waals surface area contributed by atoms with E-state index in [2.05, 4.69) is 32.2 Å². The fraction of sp³-hybridized carbons (Fsp3) is 0.273. The minimum absolute atomic E-state index is 0.110. The number of hydrogen-bond acceptors (Lipinski definition) is 3. The molecular formula is C11H11BrN2OS. The average molecular weight is 299 g/mol. The molecule has 1 amide bonds. The molecule has 0 spiro atoms. The van der Waals surface area contributed by atoms with Crippen LogP contribution in [-0.2, 0) is 0 Å². The number of hydrogen-bond donors (Lipinski definition) is 1. The number of amides is 1. The van der Waals surface area contributed by atoms with Crippen molar-refractivity contribution < 1.29 is 4.79 Å². The summed E-state index contributed by atoms with van der Waals surface area (Å²) in [5, 5.41) is 2.79. The van der Waals surface area contributed by atoms with Crippen molar-refractivity contribution in [2.45, 2.75) is 0 Å². The normalized spacial score (nSPS) is 9.50. The van der Waals surface area contributed by atoms with Crippen LogP contribution in [0.2, 0.25) is 0 Å². The maximum atomic E-state index is 11.6. The van der Waals surface area contributed by atoms with Crippen molar-refractivity contribution in [3.8, 4) is 12.3 Å². The average Bonchev–Trinajstić information content (AvgIpc) is 2.29. The number of halogens is 1. The van der Waals surface area contributed by atoms with Crippen molar-refractivity contribution in [2.75, 3.05) is 18.1 Å². The zero-order valence-electron chi connectivity index (χ0n) is 8.57. The first-order valence-corrected chi connectivity index (χ1v) is 6.60. The lowest BCUT2D eigenvalue weighted by Gasteiger charge is -2.03. The zero-order chi connectivity index (χ0) is 11.8. The molecule has 0 aliphatic carbocycles. The van der Waals surface area contributed by atoms with Crippen molar-refractivity contribution in [3.05, 3.63) is 28.5 Å². The molecule has 0 saturated heterocycles. The lowest BCUT2D eigenvalue weighted by Crippen LogP contribution is -2.25. The van der Waals surface area contributed by atoms with Crippen LogP contribution in [-0.4, -0.2) is 28.9 Å². The van der Waals surface area contributed by atoms with Crippen LogP contribution < -0.4 is 5.32 Å². The third-order valence-electron chi connectivity index (χ3n) is 1.71. The highest BCUT2D eigenvalue weighted by Gasteiger charge is 2.04. The quantitative estimate of drug-likeness (QED) is 0.513. The number of pyridine rings is 1. The summed E-state index contributed by atoms with van der Waals surface area (Å²) in [6.45, 7) is 0.612. The molecule has 3 nitrogen and oxygen atoms in total.